The van der Waals surface area contributed by atoms with Crippen molar-refractivity contribution in [2.24, 2.45) is 0 Å². The average molecular weight is 242 g/mol. The topological polar surface area (TPSA) is 86.2 Å². The number of nitrogens with two attached hydrogens (primary N) is 2. The van der Waals surface area contributed by atoms with Gasteiger partial charge in [-0.15, -0.1) is 0 Å². The van der Waals surface area contributed by atoms with Gasteiger partial charge in [0.25, 0.3) is 0 Å². The Morgan fingerprint density at radius 1 is 0.611 bits per heavy atom. The second-order valence-corrected chi connectivity index (χ2v) is 3.57. The lowest BCUT2D eigenvalue weighted by Gasteiger charge is -1.89. The molecule has 0 heterocycles. The van der Waals surface area contributed by atoms with E-state index in [1.807, 2.05) is 0 Å². The number of benzene rings is 2. The Bertz CT molecular complexity index is 455. The maximum Gasteiger partial charge on any atom is 0.150 e. The van der Waals surface area contributed by atoms with Gasteiger partial charge in [-0.1, -0.05) is 0 Å². The highest BCUT2D eigenvalue weighted by molar-refractivity contribution is 5.75. The van der Waals surface area contributed by atoms with Crippen LogP contribution in [0, 0.1) is 0 Å². The highest BCUT2D eigenvalue weighted by atomic mass is 16.1. The first-order chi connectivity index (χ1) is 8.65. The molecule has 18 heavy (non-hydrogen) atoms. The molecule has 0 amide bonds. The molecule has 0 aliphatic carbocycles. The lowest BCUT2D eigenvalue weighted by atomic mass is 10.2. The van der Waals surface area contributed by atoms with E-state index >= 15 is 0 Å². The minimum Gasteiger partial charge on any atom is -0.399 e. The predicted molar refractivity (Wildman–Crippen MR) is 72.5 cm³/mol. The first kappa shape index (κ1) is 13.4. The van der Waals surface area contributed by atoms with Gasteiger partial charge in [-0.25, -0.2) is 0 Å². The standard InChI is InChI=1S/2C7H7NO/c2*8-7-3-1-6(5-9)2-4-7/h2*1-5H,8H2. The molecule has 4 nitrogen and oxygen atoms in total. The Hall–Kier alpha value is -2.62. The Balaban J connectivity index is 0.000000180. The molecule has 2 rings (SSSR count). The van der Waals surface area contributed by atoms with E-state index in [-0.39, 0.29) is 0 Å². The van der Waals surface area contributed by atoms with E-state index in [9.17, 15) is 9.59 Å². The molecule has 2 aromatic carbocycles. The lowest BCUT2D eigenvalue weighted by molar-refractivity contribution is 0.111. The van der Waals surface area contributed by atoms with Crippen molar-refractivity contribution < 1.29 is 9.59 Å². The third kappa shape index (κ3) is 4.49. The Kier molecular flexibility index (Phi) is 5.12. The Morgan fingerprint density at radius 2 is 0.889 bits per heavy atom. The van der Waals surface area contributed by atoms with Gasteiger partial charge in [-0.05, 0) is 48.5 Å². The fourth-order valence-electron chi connectivity index (χ4n) is 1.15. The number of aldehydes is 2. The van der Waals surface area contributed by atoms with Crippen LogP contribution in [0.15, 0.2) is 48.5 Å². The summed E-state index contributed by atoms with van der Waals surface area (Å²) in [5.74, 6) is 0. The van der Waals surface area contributed by atoms with Gasteiger partial charge in [0, 0.05) is 22.5 Å². The molecular formula is C14H14N2O2. The molecule has 92 valence electrons. The second-order valence-electron chi connectivity index (χ2n) is 3.57. The SMILES string of the molecule is Nc1ccc(C=O)cc1.Nc1ccc(C=O)cc1. The molecule has 0 unspecified atom stereocenters. The van der Waals surface area contributed by atoms with Crippen LogP contribution in [0.3, 0.4) is 0 Å². The van der Waals surface area contributed by atoms with Gasteiger partial charge in [0.2, 0.25) is 0 Å². The van der Waals surface area contributed by atoms with Crippen LogP contribution >= 0.6 is 0 Å². The van der Waals surface area contributed by atoms with Gasteiger partial charge < -0.3 is 11.5 Å². The van der Waals surface area contributed by atoms with E-state index in [0.29, 0.717) is 22.5 Å². The van der Waals surface area contributed by atoms with Crippen molar-refractivity contribution >= 4 is 23.9 Å². The summed E-state index contributed by atoms with van der Waals surface area (Å²) in [6.45, 7) is 0. The summed E-state index contributed by atoms with van der Waals surface area (Å²) in [6, 6.07) is 13.5. The van der Waals surface area contributed by atoms with Crippen LogP contribution in [0.2, 0.25) is 0 Å². The van der Waals surface area contributed by atoms with Crippen LogP contribution in [0.1, 0.15) is 20.7 Å². The summed E-state index contributed by atoms with van der Waals surface area (Å²) in [5.41, 5.74) is 13.4. The number of rotatable bonds is 2. The quantitative estimate of drug-likeness (QED) is 0.624. The highest BCUT2D eigenvalue weighted by Gasteiger charge is 1.86. The van der Waals surface area contributed by atoms with E-state index in [0.717, 1.165) is 12.6 Å². The van der Waals surface area contributed by atoms with Crippen LogP contribution in [0.25, 0.3) is 0 Å². The summed E-state index contributed by atoms with van der Waals surface area (Å²) >= 11 is 0. The fraction of sp³-hybridized carbons (Fsp3) is 0. The molecule has 0 aromatic heterocycles. The van der Waals surface area contributed by atoms with E-state index in [2.05, 4.69) is 0 Å². The van der Waals surface area contributed by atoms with Crippen LogP contribution in [0.4, 0.5) is 11.4 Å². The van der Waals surface area contributed by atoms with Crippen molar-refractivity contribution in [2.45, 2.75) is 0 Å². The maximum absolute atomic E-state index is 10.1. The fourth-order valence-corrected chi connectivity index (χ4v) is 1.15. The molecule has 0 saturated carbocycles. The Labute approximate surface area is 105 Å². The lowest BCUT2D eigenvalue weighted by Crippen LogP contribution is -1.84. The molecule has 0 aliphatic heterocycles. The molecule has 4 heteroatoms. The number of carbonyl (C=O) groups is 2. The van der Waals surface area contributed by atoms with Crippen LogP contribution in [-0.4, -0.2) is 12.6 Å². The Morgan fingerprint density at radius 3 is 1.11 bits per heavy atom. The molecule has 4 N–H and O–H groups in total. The van der Waals surface area contributed by atoms with Gasteiger partial charge in [0.05, 0.1) is 0 Å². The average Bonchev–Trinajstić information content (AvgIpc) is 2.41. The van der Waals surface area contributed by atoms with Crippen molar-refractivity contribution in [1.82, 2.24) is 0 Å². The van der Waals surface area contributed by atoms with Gasteiger partial charge in [0.1, 0.15) is 12.6 Å². The van der Waals surface area contributed by atoms with E-state index in [4.69, 9.17) is 11.5 Å². The minimum atomic E-state index is 0.657. The van der Waals surface area contributed by atoms with Crippen LogP contribution in [-0.2, 0) is 0 Å². The molecule has 2 aromatic rings. The van der Waals surface area contributed by atoms with Gasteiger partial charge >= 0.3 is 0 Å². The van der Waals surface area contributed by atoms with Gasteiger partial charge in [-0.3, -0.25) is 9.59 Å². The molecule has 0 atom stereocenters. The monoisotopic (exact) mass is 242 g/mol. The summed E-state index contributed by atoms with van der Waals surface area (Å²) in [6.07, 6.45) is 1.58. The first-order valence-corrected chi connectivity index (χ1v) is 5.27. The van der Waals surface area contributed by atoms with Crippen molar-refractivity contribution in [2.75, 3.05) is 11.5 Å². The summed E-state index contributed by atoms with van der Waals surface area (Å²) in [7, 11) is 0. The highest BCUT2D eigenvalue weighted by Crippen LogP contribution is 2.02. The van der Waals surface area contributed by atoms with Gasteiger partial charge in [0.15, 0.2) is 0 Å². The zero-order valence-electron chi connectivity index (χ0n) is 9.74. The van der Waals surface area contributed by atoms with Gasteiger partial charge in [-0.2, -0.15) is 0 Å². The third-order valence-electron chi connectivity index (χ3n) is 2.15. The smallest absolute Gasteiger partial charge is 0.150 e. The zero-order valence-corrected chi connectivity index (χ0v) is 9.74. The minimum absolute atomic E-state index is 0.657. The van der Waals surface area contributed by atoms with Crippen molar-refractivity contribution in [3.05, 3.63) is 59.7 Å². The molecule has 0 aliphatic rings. The summed E-state index contributed by atoms with van der Waals surface area (Å²) in [5, 5.41) is 0. The maximum atomic E-state index is 10.1. The second kappa shape index (κ2) is 6.85. The molecule has 0 saturated heterocycles. The molecule has 0 fully saturated rings. The zero-order chi connectivity index (χ0) is 13.4. The number of carbonyl (C=O) groups excluding carboxylic acids is 2. The molecular weight excluding hydrogens is 228 g/mol. The molecule has 0 radical (unpaired) electrons. The number of anilines is 2. The summed E-state index contributed by atoms with van der Waals surface area (Å²) in [4.78, 5) is 20.2. The van der Waals surface area contributed by atoms with E-state index in [1.165, 1.54) is 0 Å². The number of hydrogen-bond donors (Lipinski definition) is 2. The van der Waals surface area contributed by atoms with E-state index < -0.39 is 0 Å². The largest absolute Gasteiger partial charge is 0.399 e. The van der Waals surface area contributed by atoms with Crippen molar-refractivity contribution in [3.8, 4) is 0 Å². The number of nitrogen functional groups attached to an aromatic ring is 2. The number of hydrogen-bond acceptors (Lipinski definition) is 4. The van der Waals surface area contributed by atoms with Crippen molar-refractivity contribution in [3.63, 3.8) is 0 Å². The van der Waals surface area contributed by atoms with Crippen LogP contribution < -0.4 is 11.5 Å². The summed E-state index contributed by atoms with van der Waals surface area (Å²) < 4.78 is 0. The third-order valence-corrected chi connectivity index (χ3v) is 2.15. The first-order valence-electron chi connectivity index (χ1n) is 5.27. The van der Waals surface area contributed by atoms with Crippen molar-refractivity contribution in [1.29, 1.82) is 0 Å². The molecule has 0 spiro atoms. The predicted octanol–water partition coefficient (Wildman–Crippen LogP) is 2.16. The normalized spacial score (nSPS) is 8.89. The van der Waals surface area contributed by atoms with Crippen LogP contribution in [0.5, 0.6) is 0 Å². The molecule has 0 bridgehead atoms. The van der Waals surface area contributed by atoms with E-state index in [1.54, 1.807) is 48.5 Å².